The van der Waals surface area contributed by atoms with Crippen LogP contribution in [0.3, 0.4) is 0 Å². The van der Waals surface area contributed by atoms with Crippen molar-refractivity contribution in [2.45, 2.75) is 26.8 Å². The van der Waals surface area contributed by atoms with E-state index in [1.54, 1.807) is 68.9 Å². The van der Waals surface area contributed by atoms with E-state index >= 15 is 0 Å². The third kappa shape index (κ3) is 4.21. The Bertz CT molecular complexity index is 1380. The first-order valence-electron chi connectivity index (χ1n) is 11.4. The minimum absolute atomic E-state index is 0.0585. The molecule has 0 spiro atoms. The van der Waals surface area contributed by atoms with Crippen molar-refractivity contribution >= 4 is 29.4 Å². The number of aromatic nitrogens is 2. The quantitative estimate of drug-likeness (QED) is 0.401. The predicted molar refractivity (Wildman–Crippen MR) is 131 cm³/mol. The number of esters is 1. The summed E-state index contributed by atoms with van der Waals surface area (Å²) in [5, 5.41) is 2.52. The molecule has 0 aliphatic carbocycles. The highest BCUT2D eigenvalue weighted by atomic mass is 16.5. The van der Waals surface area contributed by atoms with Crippen LogP contribution in [0.15, 0.2) is 59.4 Å². The number of amides is 3. The van der Waals surface area contributed by atoms with Crippen LogP contribution in [0.4, 0.5) is 5.69 Å². The van der Waals surface area contributed by atoms with Crippen LogP contribution in [-0.2, 0) is 21.4 Å². The van der Waals surface area contributed by atoms with Gasteiger partial charge >= 0.3 is 5.97 Å². The number of nitrogens with zero attached hydrogens (tertiary/aromatic N) is 3. The molecule has 1 aromatic heterocycles. The molecule has 4 rings (SSSR count). The van der Waals surface area contributed by atoms with E-state index in [1.165, 1.54) is 16.8 Å². The summed E-state index contributed by atoms with van der Waals surface area (Å²) < 4.78 is 8.21. The number of rotatable bonds is 7. The lowest BCUT2D eigenvalue weighted by Crippen LogP contribution is -2.49. The Morgan fingerprint density at radius 3 is 2.03 bits per heavy atom. The number of imide groups is 1. The molecule has 2 heterocycles. The summed E-state index contributed by atoms with van der Waals surface area (Å²) in [6, 6.07) is 14.1. The Morgan fingerprint density at radius 1 is 0.917 bits per heavy atom. The zero-order chi connectivity index (χ0) is 26.1. The Kier molecular flexibility index (Phi) is 6.61. The van der Waals surface area contributed by atoms with E-state index in [-0.39, 0.29) is 16.8 Å². The summed E-state index contributed by atoms with van der Waals surface area (Å²) in [6.07, 6.45) is 0. The third-order valence-corrected chi connectivity index (χ3v) is 6.14. The highest BCUT2D eigenvalue weighted by molar-refractivity contribution is 6.22. The first-order chi connectivity index (χ1) is 17.1. The summed E-state index contributed by atoms with van der Waals surface area (Å²) in [7, 11) is 1.69. The number of carbonyl (C=O) groups is 4. The van der Waals surface area contributed by atoms with Gasteiger partial charge in [-0.05, 0) is 37.1 Å². The van der Waals surface area contributed by atoms with Crippen molar-refractivity contribution < 1.29 is 23.9 Å². The molecule has 10 nitrogen and oxygen atoms in total. The normalized spacial score (nSPS) is 13.6. The predicted octanol–water partition coefficient (Wildman–Crippen LogP) is 2.29. The van der Waals surface area contributed by atoms with Gasteiger partial charge in [0.15, 0.2) is 6.61 Å². The number of hydrogen-bond donors (Lipinski definition) is 1. The van der Waals surface area contributed by atoms with Gasteiger partial charge in [-0.1, -0.05) is 44.2 Å². The van der Waals surface area contributed by atoms with Gasteiger partial charge in [0.25, 0.3) is 23.3 Å². The average Bonchev–Trinajstić information content (AvgIpc) is 3.23. The molecule has 36 heavy (non-hydrogen) atoms. The molecule has 0 radical (unpaired) electrons. The van der Waals surface area contributed by atoms with Crippen LogP contribution in [-0.4, -0.2) is 50.6 Å². The largest absolute Gasteiger partial charge is 0.454 e. The Hall–Kier alpha value is -4.47. The second-order valence-corrected chi connectivity index (χ2v) is 8.81. The number of nitrogens with one attached hydrogen (secondary N) is 1. The zero-order valence-electron chi connectivity index (χ0n) is 20.3. The molecule has 0 saturated heterocycles. The van der Waals surface area contributed by atoms with Gasteiger partial charge in [-0.15, -0.1) is 0 Å². The molecule has 1 aliphatic heterocycles. The number of para-hydroxylation sites is 1. The van der Waals surface area contributed by atoms with Crippen molar-refractivity contribution in [1.82, 2.24) is 14.3 Å². The highest BCUT2D eigenvalue weighted by Gasteiger charge is 2.44. The first-order valence-corrected chi connectivity index (χ1v) is 11.4. The topological polar surface area (TPSA) is 120 Å². The summed E-state index contributed by atoms with van der Waals surface area (Å²) in [5.74, 6) is -3.24. The molecule has 3 aromatic rings. The Labute approximate surface area is 207 Å². The maximum absolute atomic E-state index is 13.0. The second kappa shape index (κ2) is 9.65. The first kappa shape index (κ1) is 24.6. The number of anilines is 1. The summed E-state index contributed by atoms with van der Waals surface area (Å²) in [4.78, 5) is 65.1. The molecule has 0 saturated carbocycles. The minimum atomic E-state index is -1.21. The van der Waals surface area contributed by atoms with Crippen molar-refractivity contribution in [2.24, 2.45) is 13.0 Å². The van der Waals surface area contributed by atoms with Crippen LogP contribution < -0.4 is 10.9 Å². The van der Waals surface area contributed by atoms with E-state index in [0.29, 0.717) is 11.4 Å². The Morgan fingerprint density at radius 2 is 1.47 bits per heavy atom. The number of fused-ring (bicyclic) bond motifs is 1. The molecular weight excluding hydrogens is 464 g/mol. The molecule has 1 atom stereocenters. The average molecular weight is 491 g/mol. The standard InChI is InChI=1S/C26H26N4O6/c1-15(2)22(29-23(32)18-12-8-9-13-19(18)24(29)33)26(35)36-14-20(31)27-21-16(3)28(4)30(25(21)34)17-10-6-5-7-11-17/h5-13,15,22H,14H2,1-4H3,(H,27,31)/t22-/m0/s1. The van der Waals surface area contributed by atoms with Crippen molar-refractivity contribution in [1.29, 1.82) is 0 Å². The van der Waals surface area contributed by atoms with E-state index < -0.39 is 47.8 Å². The monoisotopic (exact) mass is 490 g/mol. The van der Waals surface area contributed by atoms with E-state index in [2.05, 4.69) is 5.32 Å². The van der Waals surface area contributed by atoms with E-state index in [1.807, 2.05) is 6.07 Å². The second-order valence-electron chi connectivity index (χ2n) is 8.81. The van der Waals surface area contributed by atoms with E-state index in [0.717, 1.165) is 4.90 Å². The molecule has 186 valence electrons. The lowest BCUT2D eigenvalue weighted by molar-refractivity contribution is -0.152. The molecule has 0 unspecified atom stereocenters. The SMILES string of the molecule is Cc1c(NC(=O)COC(=O)[C@H](C(C)C)N2C(=O)c3ccccc3C2=O)c(=O)n(-c2ccccc2)n1C. The molecule has 1 N–H and O–H groups in total. The van der Waals surface area contributed by atoms with E-state index in [4.69, 9.17) is 4.74 Å². The molecule has 2 aromatic carbocycles. The highest BCUT2D eigenvalue weighted by Crippen LogP contribution is 2.27. The lowest BCUT2D eigenvalue weighted by Gasteiger charge is -2.27. The van der Waals surface area contributed by atoms with Crippen molar-refractivity contribution in [3.63, 3.8) is 0 Å². The van der Waals surface area contributed by atoms with Crippen molar-refractivity contribution in [3.8, 4) is 5.69 Å². The van der Waals surface area contributed by atoms with Crippen LogP contribution in [0.5, 0.6) is 0 Å². The van der Waals surface area contributed by atoms with Crippen LogP contribution in [0, 0.1) is 12.8 Å². The molecule has 0 fully saturated rings. The maximum atomic E-state index is 13.0. The fourth-order valence-electron chi connectivity index (χ4n) is 4.25. The van der Waals surface area contributed by atoms with Gasteiger partial charge in [0.05, 0.1) is 22.5 Å². The van der Waals surface area contributed by atoms with Gasteiger partial charge in [-0.25, -0.2) is 9.48 Å². The molecule has 10 heteroatoms. The molecular formula is C26H26N4O6. The zero-order valence-corrected chi connectivity index (χ0v) is 20.3. The lowest BCUT2D eigenvalue weighted by atomic mass is 10.0. The number of carbonyl (C=O) groups excluding carboxylic acids is 4. The summed E-state index contributed by atoms with van der Waals surface area (Å²) in [5.41, 5.74) is 1.19. The van der Waals surface area contributed by atoms with Gasteiger partial charge in [0.1, 0.15) is 11.7 Å². The van der Waals surface area contributed by atoms with Crippen LogP contribution in [0.25, 0.3) is 5.69 Å². The van der Waals surface area contributed by atoms with Crippen LogP contribution in [0.2, 0.25) is 0 Å². The third-order valence-electron chi connectivity index (χ3n) is 6.14. The molecule has 3 amide bonds. The fourth-order valence-corrected chi connectivity index (χ4v) is 4.25. The van der Waals surface area contributed by atoms with Gasteiger partial charge in [0.2, 0.25) is 0 Å². The number of benzene rings is 2. The smallest absolute Gasteiger partial charge is 0.330 e. The molecule has 1 aliphatic rings. The fraction of sp³-hybridized carbons (Fsp3) is 0.269. The maximum Gasteiger partial charge on any atom is 0.330 e. The number of hydrogen-bond acceptors (Lipinski definition) is 6. The van der Waals surface area contributed by atoms with Crippen LogP contribution >= 0.6 is 0 Å². The van der Waals surface area contributed by atoms with Crippen molar-refractivity contribution in [2.75, 3.05) is 11.9 Å². The van der Waals surface area contributed by atoms with E-state index in [9.17, 15) is 24.0 Å². The molecule has 0 bridgehead atoms. The summed E-state index contributed by atoms with van der Waals surface area (Å²) >= 11 is 0. The summed E-state index contributed by atoms with van der Waals surface area (Å²) in [6.45, 7) is 4.34. The minimum Gasteiger partial charge on any atom is -0.454 e. The Balaban J connectivity index is 1.48. The van der Waals surface area contributed by atoms with Gasteiger partial charge in [-0.3, -0.25) is 28.8 Å². The van der Waals surface area contributed by atoms with Gasteiger partial charge in [0, 0.05) is 7.05 Å². The van der Waals surface area contributed by atoms with Gasteiger partial charge < -0.3 is 10.1 Å². The van der Waals surface area contributed by atoms with Gasteiger partial charge in [-0.2, -0.15) is 0 Å². The van der Waals surface area contributed by atoms with Crippen LogP contribution in [0.1, 0.15) is 40.3 Å². The van der Waals surface area contributed by atoms with Crippen molar-refractivity contribution in [3.05, 3.63) is 81.8 Å². The number of ether oxygens (including phenoxy) is 1.